The van der Waals surface area contributed by atoms with E-state index in [4.69, 9.17) is 5.73 Å². The Labute approximate surface area is 177 Å². The number of thioether (sulfide) groups is 1. The number of hydrogen-bond donors (Lipinski definition) is 2. The summed E-state index contributed by atoms with van der Waals surface area (Å²) in [5, 5.41) is 27.3. The summed E-state index contributed by atoms with van der Waals surface area (Å²) in [7, 11) is 1.78. The molecule has 0 unspecified atom stereocenters. The average Bonchev–Trinajstić information content (AvgIpc) is 3.46. The Bertz CT molecular complexity index is 1250. The number of nitrogens with two attached hydrogens (primary N) is 1. The van der Waals surface area contributed by atoms with E-state index in [1.807, 2.05) is 0 Å². The lowest BCUT2D eigenvalue weighted by Gasteiger charge is -2.05. The van der Waals surface area contributed by atoms with Crippen molar-refractivity contribution in [3.63, 3.8) is 0 Å². The number of nitrogen functional groups attached to an aromatic ring is 1. The molecule has 3 N–H and O–H groups in total. The predicted octanol–water partition coefficient (Wildman–Crippen LogP) is 0.556. The van der Waals surface area contributed by atoms with Crippen molar-refractivity contribution in [3.05, 3.63) is 53.4 Å². The van der Waals surface area contributed by atoms with E-state index in [0.717, 1.165) is 0 Å². The van der Waals surface area contributed by atoms with Crippen LogP contribution < -0.4 is 11.2 Å². The Kier molecular flexibility index (Phi) is 5.65. The van der Waals surface area contributed by atoms with E-state index in [1.54, 1.807) is 24.0 Å². The number of benzene rings is 1. The molecule has 158 valence electrons. The highest BCUT2D eigenvalue weighted by Crippen LogP contribution is 2.24. The maximum Gasteiger partial charge on any atom is 0.293 e. The van der Waals surface area contributed by atoms with Crippen molar-refractivity contribution in [2.45, 2.75) is 10.9 Å². The number of halogens is 1. The van der Waals surface area contributed by atoms with Gasteiger partial charge in [0.15, 0.2) is 10.9 Å². The fourth-order valence-electron chi connectivity index (χ4n) is 2.46. The summed E-state index contributed by atoms with van der Waals surface area (Å²) >= 11 is 1.29. The van der Waals surface area contributed by atoms with Gasteiger partial charge in [0.25, 0.3) is 5.91 Å². The van der Waals surface area contributed by atoms with Crippen LogP contribution in [0.3, 0.4) is 0 Å². The van der Waals surface area contributed by atoms with Crippen molar-refractivity contribution >= 4 is 29.7 Å². The number of nitrogens with one attached hydrogen (secondary N) is 1. The van der Waals surface area contributed by atoms with E-state index in [-0.39, 0.29) is 23.1 Å². The van der Waals surface area contributed by atoms with Gasteiger partial charge in [-0.05, 0) is 28.0 Å². The van der Waals surface area contributed by atoms with Gasteiger partial charge in [-0.2, -0.15) is 9.78 Å². The third-order valence-electron chi connectivity index (χ3n) is 3.91. The molecular formula is C16H14FN11O2S. The highest BCUT2D eigenvalue weighted by Gasteiger charge is 2.24. The van der Waals surface area contributed by atoms with E-state index in [0.29, 0.717) is 16.4 Å². The zero-order valence-corrected chi connectivity index (χ0v) is 16.7. The number of nitrogens with zero attached hydrogens (tertiary/aromatic N) is 9. The molecular weight excluding hydrogens is 429 g/mol. The second kappa shape index (κ2) is 8.70. The van der Waals surface area contributed by atoms with Crippen molar-refractivity contribution in [3.8, 4) is 5.82 Å². The zero-order chi connectivity index (χ0) is 21.8. The van der Waals surface area contributed by atoms with E-state index < -0.39 is 11.7 Å². The van der Waals surface area contributed by atoms with Crippen LogP contribution in [0.1, 0.15) is 21.7 Å². The van der Waals surface area contributed by atoms with E-state index >= 15 is 0 Å². The van der Waals surface area contributed by atoms with Crippen LogP contribution in [0.4, 0.5) is 10.2 Å². The standard InChI is InChI=1S/C16H14FN11O2S/c1-27-8-20-23-16(27)31-7-11-12(21-26-28(11)14-13(18)24-30-25-14)15(29)22-19-6-9-3-2-4-10(17)5-9/h2-6,8H,7H2,1H3,(H2,18,24)(H,22,29). The van der Waals surface area contributed by atoms with E-state index in [1.165, 1.54) is 40.9 Å². The molecule has 4 aromatic rings. The highest BCUT2D eigenvalue weighted by molar-refractivity contribution is 7.98. The van der Waals surface area contributed by atoms with Crippen LogP contribution in [0, 0.1) is 5.82 Å². The number of hydrazone groups is 1. The molecule has 0 fully saturated rings. The normalized spacial score (nSPS) is 11.3. The molecule has 0 atom stereocenters. The van der Waals surface area contributed by atoms with Crippen molar-refractivity contribution < 1.29 is 13.8 Å². The fraction of sp³-hybridized carbons (Fsp3) is 0.125. The van der Waals surface area contributed by atoms with Crippen molar-refractivity contribution in [2.75, 3.05) is 5.73 Å². The molecule has 4 rings (SSSR count). The molecule has 0 saturated heterocycles. The van der Waals surface area contributed by atoms with Gasteiger partial charge in [0.05, 0.1) is 11.9 Å². The lowest BCUT2D eigenvalue weighted by atomic mass is 10.2. The van der Waals surface area contributed by atoms with Crippen LogP contribution in [0.25, 0.3) is 5.82 Å². The number of anilines is 1. The van der Waals surface area contributed by atoms with Crippen LogP contribution in [0.15, 0.2) is 45.5 Å². The summed E-state index contributed by atoms with van der Waals surface area (Å²) in [4.78, 5) is 12.7. The van der Waals surface area contributed by atoms with Crippen molar-refractivity contribution in [1.29, 1.82) is 0 Å². The fourth-order valence-corrected chi connectivity index (χ4v) is 3.34. The Morgan fingerprint density at radius 1 is 1.39 bits per heavy atom. The third-order valence-corrected chi connectivity index (χ3v) is 4.96. The number of amides is 1. The van der Waals surface area contributed by atoms with E-state index in [9.17, 15) is 9.18 Å². The molecule has 15 heteroatoms. The summed E-state index contributed by atoms with van der Waals surface area (Å²) in [5.74, 6) is -0.765. The van der Waals surface area contributed by atoms with Gasteiger partial charge in [0.2, 0.25) is 11.6 Å². The molecule has 1 amide bonds. The molecule has 0 radical (unpaired) electrons. The summed E-state index contributed by atoms with van der Waals surface area (Å²) in [6.07, 6.45) is 2.85. The van der Waals surface area contributed by atoms with E-state index in [2.05, 4.69) is 46.0 Å². The molecule has 13 nitrogen and oxygen atoms in total. The quantitative estimate of drug-likeness (QED) is 0.234. The van der Waals surface area contributed by atoms with Crippen LogP contribution in [-0.2, 0) is 12.8 Å². The van der Waals surface area contributed by atoms with Gasteiger partial charge < -0.3 is 10.3 Å². The number of aromatic nitrogens is 8. The number of carbonyl (C=O) groups is 1. The predicted molar refractivity (Wildman–Crippen MR) is 106 cm³/mol. The lowest BCUT2D eigenvalue weighted by Crippen LogP contribution is -2.20. The minimum Gasteiger partial charge on any atom is -0.378 e. The van der Waals surface area contributed by atoms with Crippen LogP contribution in [0.5, 0.6) is 0 Å². The molecule has 1 aromatic carbocycles. The van der Waals surface area contributed by atoms with Gasteiger partial charge >= 0.3 is 0 Å². The Morgan fingerprint density at radius 2 is 2.26 bits per heavy atom. The number of carbonyl (C=O) groups excluding carboxylic acids is 1. The molecule has 3 heterocycles. The highest BCUT2D eigenvalue weighted by atomic mass is 32.2. The first-order valence-electron chi connectivity index (χ1n) is 8.61. The molecule has 0 aliphatic heterocycles. The summed E-state index contributed by atoms with van der Waals surface area (Å²) in [6.45, 7) is 0. The largest absolute Gasteiger partial charge is 0.378 e. The number of hydrogen-bond acceptors (Lipinski definition) is 11. The average molecular weight is 443 g/mol. The number of aryl methyl sites for hydroxylation is 1. The first kappa shape index (κ1) is 20.1. The maximum absolute atomic E-state index is 13.3. The van der Waals surface area contributed by atoms with Crippen LogP contribution in [0.2, 0.25) is 0 Å². The van der Waals surface area contributed by atoms with Gasteiger partial charge in [0, 0.05) is 12.8 Å². The summed E-state index contributed by atoms with van der Waals surface area (Å²) in [5.41, 5.74) is 8.91. The van der Waals surface area contributed by atoms with Crippen molar-refractivity contribution in [1.82, 2.24) is 45.5 Å². The van der Waals surface area contributed by atoms with Gasteiger partial charge in [-0.15, -0.1) is 15.3 Å². The van der Waals surface area contributed by atoms with Crippen LogP contribution in [-0.4, -0.2) is 52.2 Å². The molecule has 0 saturated carbocycles. The molecule has 0 aliphatic carbocycles. The summed E-state index contributed by atoms with van der Waals surface area (Å²) in [6, 6.07) is 5.75. The van der Waals surface area contributed by atoms with Gasteiger partial charge in [-0.3, -0.25) is 4.79 Å². The van der Waals surface area contributed by atoms with Gasteiger partial charge in [-0.25, -0.2) is 14.4 Å². The van der Waals surface area contributed by atoms with Gasteiger partial charge in [0.1, 0.15) is 12.1 Å². The number of rotatable bonds is 7. The Balaban J connectivity index is 1.58. The second-order valence-corrected chi connectivity index (χ2v) is 6.98. The third kappa shape index (κ3) is 4.40. The zero-order valence-electron chi connectivity index (χ0n) is 15.9. The first-order chi connectivity index (χ1) is 15.0. The van der Waals surface area contributed by atoms with Gasteiger partial charge in [-0.1, -0.05) is 29.1 Å². The SMILES string of the molecule is Cn1cnnc1SCc1c(C(=O)NN=Cc2cccc(F)c2)nnn1-c1nonc1N. The molecule has 3 aromatic heterocycles. The molecule has 31 heavy (non-hydrogen) atoms. The second-order valence-electron chi connectivity index (χ2n) is 6.04. The molecule has 0 spiro atoms. The topological polar surface area (TPSA) is 168 Å². The monoisotopic (exact) mass is 443 g/mol. The maximum atomic E-state index is 13.3. The smallest absolute Gasteiger partial charge is 0.293 e. The summed E-state index contributed by atoms with van der Waals surface area (Å²) < 4.78 is 20.8. The minimum absolute atomic E-state index is 0.0199. The Hall–Kier alpha value is -4.14. The molecule has 0 aliphatic rings. The van der Waals surface area contributed by atoms with Crippen molar-refractivity contribution in [2.24, 2.45) is 12.1 Å². The first-order valence-corrected chi connectivity index (χ1v) is 9.60. The molecule has 0 bridgehead atoms. The lowest BCUT2D eigenvalue weighted by molar-refractivity contribution is 0.0949. The van der Waals surface area contributed by atoms with Crippen LogP contribution >= 0.6 is 11.8 Å². The Morgan fingerprint density at radius 3 is 2.97 bits per heavy atom. The minimum atomic E-state index is -0.637.